The molecule has 0 saturated heterocycles. The molecule has 0 unspecified atom stereocenters. The molecule has 0 saturated carbocycles. The van der Waals surface area contributed by atoms with Crippen molar-refractivity contribution in [1.82, 2.24) is 9.97 Å². The molecule has 0 bridgehead atoms. The van der Waals surface area contributed by atoms with Crippen LogP contribution < -0.4 is 0 Å². The Morgan fingerprint density at radius 2 is 2.00 bits per heavy atom. The second-order valence-electron chi connectivity index (χ2n) is 3.49. The average Bonchev–Trinajstić information content (AvgIpc) is 2.68. The van der Waals surface area contributed by atoms with E-state index in [9.17, 15) is 13.2 Å². The fraction of sp³-hybridized carbons (Fsp3) is 0.182. The third-order valence-electron chi connectivity index (χ3n) is 2.34. The van der Waals surface area contributed by atoms with E-state index in [1.165, 1.54) is 25.4 Å². The minimum Gasteiger partial charge on any atom is -0.345 e. The van der Waals surface area contributed by atoms with Gasteiger partial charge >= 0.3 is 6.18 Å². The zero-order valence-corrected chi connectivity index (χ0v) is 8.47. The van der Waals surface area contributed by atoms with Crippen LogP contribution in [-0.4, -0.2) is 9.97 Å². The molecule has 2 aromatic rings. The average molecular weight is 226 g/mol. The van der Waals surface area contributed by atoms with Crippen LogP contribution in [0.1, 0.15) is 11.1 Å². The molecule has 1 heterocycles. The molecule has 0 aliphatic rings. The Bertz CT molecular complexity index is 486. The van der Waals surface area contributed by atoms with Gasteiger partial charge < -0.3 is 4.98 Å². The van der Waals surface area contributed by atoms with Crippen LogP contribution in [0, 0.1) is 6.92 Å². The van der Waals surface area contributed by atoms with Gasteiger partial charge in [-0.25, -0.2) is 4.98 Å². The van der Waals surface area contributed by atoms with E-state index in [4.69, 9.17) is 0 Å². The van der Waals surface area contributed by atoms with E-state index < -0.39 is 11.7 Å². The van der Waals surface area contributed by atoms with E-state index in [1.807, 2.05) is 0 Å². The molecule has 1 N–H and O–H groups in total. The topological polar surface area (TPSA) is 28.7 Å². The number of imidazole rings is 1. The van der Waals surface area contributed by atoms with Crippen LogP contribution in [0.15, 0.2) is 30.7 Å². The summed E-state index contributed by atoms with van der Waals surface area (Å²) in [6, 6.07) is 4.02. The summed E-state index contributed by atoms with van der Waals surface area (Å²) in [6.07, 6.45) is -1.24. The quantitative estimate of drug-likeness (QED) is 0.793. The van der Waals surface area contributed by atoms with Crippen LogP contribution in [0.3, 0.4) is 0 Å². The molecule has 2 rings (SSSR count). The van der Waals surface area contributed by atoms with Gasteiger partial charge in [0.1, 0.15) is 0 Å². The van der Waals surface area contributed by atoms with E-state index >= 15 is 0 Å². The van der Waals surface area contributed by atoms with Gasteiger partial charge in [-0.05, 0) is 30.2 Å². The summed E-state index contributed by atoms with van der Waals surface area (Å²) in [5, 5.41) is 0. The van der Waals surface area contributed by atoms with E-state index in [1.54, 1.807) is 6.20 Å². The Hall–Kier alpha value is -1.78. The number of nitrogens with zero attached hydrogens (tertiary/aromatic N) is 1. The highest BCUT2D eigenvalue weighted by Gasteiger charge is 2.32. The summed E-state index contributed by atoms with van der Waals surface area (Å²) in [6.45, 7) is 1.45. The highest BCUT2D eigenvalue weighted by atomic mass is 19.4. The third kappa shape index (κ3) is 1.93. The molecule has 0 fully saturated rings. The van der Waals surface area contributed by atoms with Gasteiger partial charge in [0.15, 0.2) is 0 Å². The zero-order chi connectivity index (χ0) is 11.8. The lowest BCUT2D eigenvalue weighted by Gasteiger charge is -2.10. The highest BCUT2D eigenvalue weighted by Crippen LogP contribution is 2.33. The van der Waals surface area contributed by atoms with Gasteiger partial charge in [0.05, 0.1) is 23.8 Å². The minimum atomic E-state index is -4.30. The van der Waals surface area contributed by atoms with Crippen molar-refractivity contribution in [2.75, 3.05) is 0 Å². The van der Waals surface area contributed by atoms with E-state index in [2.05, 4.69) is 9.97 Å². The van der Waals surface area contributed by atoms with Crippen molar-refractivity contribution >= 4 is 0 Å². The molecule has 2 nitrogen and oxygen atoms in total. The largest absolute Gasteiger partial charge is 0.416 e. The minimum absolute atomic E-state index is 0.208. The lowest BCUT2D eigenvalue weighted by atomic mass is 10.0. The van der Waals surface area contributed by atoms with Crippen molar-refractivity contribution in [1.29, 1.82) is 0 Å². The lowest BCUT2D eigenvalue weighted by Crippen LogP contribution is -2.07. The van der Waals surface area contributed by atoms with E-state index in [0.29, 0.717) is 11.3 Å². The summed E-state index contributed by atoms with van der Waals surface area (Å²) < 4.78 is 37.5. The molecule has 1 aromatic heterocycles. The maximum Gasteiger partial charge on any atom is 0.416 e. The Morgan fingerprint density at radius 3 is 2.50 bits per heavy atom. The standard InChI is InChI=1S/C11H9F3N2/c1-7-4-8(10-5-15-6-16-10)2-3-9(7)11(12,13)14/h2-6H,1H3,(H,15,16). The highest BCUT2D eigenvalue weighted by molar-refractivity contribution is 5.60. The van der Waals surface area contributed by atoms with Crippen LogP contribution in [0.5, 0.6) is 0 Å². The summed E-state index contributed by atoms with van der Waals surface area (Å²) in [5.74, 6) is 0. The number of aryl methyl sites for hydroxylation is 1. The number of halogens is 3. The second kappa shape index (κ2) is 3.66. The zero-order valence-electron chi connectivity index (χ0n) is 8.47. The Balaban J connectivity index is 2.45. The molecular weight excluding hydrogens is 217 g/mol. The normalized spacial score (nSPS) is 11.8. The fourth-order valence-electron chi connectivity index (χ4n) is 1.56. The monoisotopic (exact) mass is 226 g/mol. The molecule has 0 spiro atoms. The summed E-state index contributed by atoms with van der Waals surface area (Å²) in [5.41, 5.74) is 1.01. The number of hydrogen-bond donors (Lipinski definition) is 1. The number of aromatic nitrogens is 2. The van der Waals surface area contributed by atoms with Crippen molar-refractivity contribution in [3.8, 4) is 11.3 Å². The molecule has 5 heteroatoms. The number of nitrogens with one attached hydrogen (secondary N) is 1. The maximum atomic E-state index is 12.5. The van der Waals surface area contributed by atoms with Gasteiger partial charge in [0.25, 0.3) is 0 Å². The van der Waals surface area contributed by atoms with E-state index in [-0.39, 0.29) is 5.56 Å². The molecule has 1 aromatic carbocycles. The predicted octanol–water partition coefficient (Wildman–Crippen LogP) is 3.40. The van der Waals surface area contributed by atoms with Crippen LogP contribution in [-0.2, 0) is 6.18 Å². The van der Waals surface area contributed by atoms with Crippen LogP contribution in [0.4, 0.5) is 13.2 Å². The molecular formula is C11H9F3N2. The third-order valence-corrected chi connectivity index (χ3v) is 2.34. The lowest BCUT2D eigenvalue weighted by molar-refractivity contribution is -0.138. The first-order valence-electron chi connectivity index (χ1n) is 4.65. The number of aromatic amines is 1. The molecule has 0 amide bonds. The van der Waals surface area contributed by atoms with Crippen molar-refractivity contribution in [3.05, 3.63) is 41.9 Å². The molecule has 84 valence electrons. The van der Waals surface area contributed by atoms with Gasteiger partial charge in [0.2, 0.25) is 0 Å². The molecule has 0 radical (unpaired) electrons. The number of benzene rings is 1. The Kier molecular flexibility index (Phi) is 2.46. The summed E-state index contributed by atoms with van der Waals surface area (Å²) in [4.78, 5) is 6.67. The van der Waals surface area contributed by atoms with Crippen molar-refractivity contribution < 1.29 is 13.2 Å². The van der Waals surface area contributed by atoms with Crippen LogP contribution in [0.2, 0.25) is 0 Å². The van der Waals surface area contributed by atoms with Crippen LogP contribution >= 0.6 is 0 Å². The SMILES string of the molecule is Cc1cc(-c2cnc[nH]2)ccc1C(F)(F)F. The van der Waals surface area contributed by atoms with Gasteiger partial charge in [-0.2, -0.15) is 13.2 Å². The number of hydrogen-bond acceptors (Lipinski definition) is 1. The summed E-state index contributed by atoms with van der Waals surface area (Å²) >= 11 is 0. The van der Waals surface area contributed by atoms with Gasteiger partial charge in [0, 0.05) is 0 Å². The van der Waals surface area contributed by atoms with Crippen molar-refractivity contribution in [2.24, 2.45) is 0 Å². The van der Waals surface area contributed by atoms with Gasteiger partial charge in [-0.15, -0.1) is 0 Å². The first-order chi connectivity index (χ1) is 7.48. The molecule has 0 aliphatic heterocycles. The number of rotatable bonds is 1. The van der Waals surface area contributed by atoms with Crippen molar-refractivity contribution in [3.63, 3.8) is 0 Å². The van der Waals surface area contributed by atoms with Gasteiger partial charge in [-0.3, -0.25) is 0 Å². The van der Waals surface area contributed by atoms with E-state index in [0.717, 1.165) is 6.07 Å². The Morgan fingerprint density at radius 1 is 1.25 bits per heavy atom. The smallest absolute Gasteiger partial charge is 0.345 e. The second-order valence-corrected chi connectivity index (χ2v) is 3.49. The molecule has 0 aliphatic carbocycles. The fourth-order valence-corrected chi connectivity index (χ4v) is 1.56. The Labute approximate surface area is 90.1 Å². The van der Waals surface area contributed by atoms with Crippen LogP contribution in [0.25, 0.3) is 11.3 Å². The number of H-pyrrole nitrogens is 1. The maximum absolute atomic E-state index is 12.5. The first kappa shape index (κ1) is 10.7. The number of alkyl halides is 3. The predicted molar refractivity (Wildman–Crippen MR) is 53.8 cm³/mol. The molecule has 0 atom stereocenters. The van der Waals surface area contributed by atoms with Crippen molar-refractivity contribution in [2.45, 2.75) is 13.1 Å². The molecule has 16 heavy (non-hydrogen) atoms. The summed E-state index contributed by atoms with van der Waals surface area (Å²) in [7, 11) is 0. The van der Waals surface area contributed by atoms with Gasteiger partial charge in [-0.1, -0.05) is 6.07 Å². The first-order valence-corrected chi connectivity index (χ1v) is 4.65.